The molecule has 0 spiro atoms. The highest BCUT2D eigenvalue weighted by molar-refractivity contribution is 6.01. The standard InChI is InChI=1S/C24H23N3O/c1-15-8-10-18(11-9-15)23-21-12-16(2)17(3)13-22(21)24(27-26-23)25-19-6-5-7-20(14-19)28-4/h5-14H,1-4H3,(H,25,27). The van der Waals surface area contributed by atoms with Crippen molar-refractivity contribution in [2.45, 2.75) is 20.8 Å². The van der Waals surface area contributed by atoms with E-state index in [-0.39, 0.29) is 0 Å². The van der Waals surface area contributed by atoms with Crippen molar-refractivity contribution in [3.05, 3.63) is 77.4 Å². The van der Waals surface area contributed by atoms with Gasteiger partial charge in [-0.1, -0.05) is 35.9 Å². The zero-order chi connectivity index (χ0) is 19.7. The second-order valence-corrected chi connectivity index (χ2v) is 7.10. The third-order valence-corrected chi connectivity index (χ3v) is 5.05. The number of nitrogens with zero attached hydrogens (tertiary/aromatic N) is 2. The molecule has 3 aromatic carbocycles. The third-order valence-electron chi connectivity index (χ3n) is 5.05. The lowest BCUT2D eigenvalue weighted by atomic mass is 9.99. The molecule has 0 aliphatic heterocycles. The van der Waals surface area contributed by atoms with E-state index in [2.05, 4.69) is 72.7 Å². The van der Waals surface area contributed by atoms with Crippen molar-refractivity contribution in [3.63, 3.8) is 0 Å². The summed E-state index contributed by atoms with van der Waals surface area (Å²) < 4.78 is 5.33. The minimum atomic E-state index is 0.738. The van der Waals surface area contributed by atoms with Crippen LogP contribution in [0.5, 0.6) is 5.75 Å². The van der Waals surface area contributed by atoms with Crippen LogP contribution >= 0.6 is 0 Å². The quantitative estimate of drug-likeness (QED) is 0.481. The van der Waals surface area contributed by atoms with E-state index >= 15 is 0 Å². The van der Waals surface area contributed by atoms with Crippen LogP contribution in [0.25, 0.3) is 22.0 Å². The van der Waals surface area contributed by atoms with Crippen LogP contribution in [0.15, 0.2) is 60.7 Å². The van der Waals surface area contributed by atoms with Gasteiger partial charge in [0.1, 0.15) is 11.4 Å². The maximum absolute atomic E-state index is 5.33. The van der Waals surface area contributed by atoms with Gasteiger partial charge >= 0.3 is 0 Å². The fourth-order valence-corrected chi connectivity index (χ4v) is 3.27. The van der Waals surface area contributed by atoms with Crippen molar-refractivity contribution in [2.24, 2.45) is 0 Å². The highest BCUT2D eigenvalue weighted by Gasteiger charge is 2.13. The van der Waals surface area contributed by atoms with Crippen LogP contribution in [0.2, 0.25) is 0 Å². The van der Waals surface area contributed by atoms with Crippen molar-refractivity contribution in [1.29, 1.82) is 0 Å². The minimum Gasteiger partial charge on any atom is -0.497 e. The van der Waals surface area contributed by atoms with Gasteiger partial charge in [-0.05, 0) is 56.2 Å². The molecule has 4 rings (SSSR count). The van der Waals surface area contributed by atoms with Crippen LogP contribution in [0, 0.1) is 20.8 Å². The molecular formula is C24H23N3O. The largest absolute Gasteiger partial charge is 0.497 e. The van der Waals surface area contributed by atoms with Gasteiger partial charge in [-0.15, -0.1) is 10.2 Å². The fraction of sp³-hybridized carbons (Fsp3) is 0.167. The highest BCUT2D eigenvalue weighted by atomic mass is 16.5. The number of nitrogens with one attached hydrogen (secondary N) is 1. The van der Waals surface area contributed by atoms with Gasteiger partial charge in [0, 0.05) is 28.1 Å². The lowest BCUT2D eigenvalue weighted by Gasteiger charge is -2.14. The van der Waals surface area contributed by atoms with Gasteiger partial charge in [0.15, 0.2) is 5.82 Å². The van der Waals surface area contributed by atoms with E-state index in [1.807, 2.05) is 24.3 Å². The number of anilines is 2. The first-order valence-electron chi connectivity index (χ1n) is 9.31. The molecule has 0 fully saturated rings. The normalized spacial score (nSPS) is 10.9. The molecule has 0 amide bonds. The predicted octanol–water partition coefficient (Wildman–Crippen LogP) is 5.97. The molecule has 0 saturated heterocycles. The Morgan fingerprint density at radius 1 is 0.786 bits per heavy atom. The van der Waals surface area contributed by atoms with Gasteiger partial charge in [0.2, 0.25) is 0 Å². The lowest BCUT2D eigenvalue weighted by molar-refractivity contribution is 0.415. The second kappa shape index (κ2) is 7.31. The Morgan fingerprint density at radius 3 is 2.21 bits per heavy atom. The Kier molecular flexibility index (Phi) is 4.70. The summed E-state index contributed by atoms with van der Waals surface area (Å²) in [6, 6.07) is 20.6. The average Bonchev–Trinajstić information content (AvgIpc) is 2.70. The molecule has 0 atom stereocenters. The summed E-state index contributed by atoms with van der Waals surface area (Å²) in [4.78, 5) is 0. The molecule has 1 heterocycles. The number of fused-ring (bicyclic) bond motifs is 1. The third kappa shape index (κ3) is 3.41. The first kappa shape index (κ1) is 18.0. The molecule has 1 N–H and O–H groups in total. The van der Waals surface area contributed by atoms with E-state index in [1.54, 1.807) is 7.11 Å². The lowest BCUT2D eigenvalue weighted by Crippen LogP contribution is -2.00. The van der Waals surface area contributed by atoms with Crippen LogP contribution in [0.4, 0.5) is 11.5 Å². The maximum atomic E-state index is 5.33. The van der Waals surface area contributed by atoms with Crippen molar-refractivity contribution in [2.75, 3.05) is 12.4 Å². The summed E-state index contributed by atoms with van der Waals surface area (Å²) in [7, 11) is 1.66. The van der Waals surface area contributed by atoms with Crippen LogP contribution in [0.3, 0.4) is 0 Å². The van der Waals surface area contributed by atoms with Crippen LogP contribution in [-0.2, 0) is 0 Å². The van der Waals surface area contributed by atoms with Gasteiger partial charge < -0.3 is 10.1 Å². The number of aryl methyl sites for hydroxylation is 3. The number of methoxy groups -OCH3 is 1. The number of rotatable bonds is 4. The smallest absolute Gasteiger partial charge is 0.161 e. The first-order chi connectivity index (χ1) is 13.5. The summed E-state index contributed by atoms with van der Waals surface area (Å²) in [6.45, 7) is 6.33. The van der Waals surface area contributed by atoms with E-state index in [0.717, 1.165) is 39.3 Å². The molecule has 140 valence electrons. The van der Waals surface area contributed by atoms with Crippen molar-refractivity contribution in [1.82, 2.24) is 10.2 Å². The molecule has 1 aromatic heterocycles. The summed E-state index contributed by atoms with van der Waals surface area (Å²) in [6.07, 6.45) is 0. The van der Waals surface area contributed by atoms with Gasteiger partial charge in [0.05, 0.1) is 7.11 Å². The molecule has 0 aliphatic rings. The molecule has 4 nitrogen and oxygen atoms in total. The van der Waals surface area contributed by atoms with E-state index < -0.39 is 0 Å². The number of aromatic nitrogens is 2. The Morgan fingerprint density at radius 2 is 1.50 bits per heavy atom. The summed E-state index contributed by atoms with van der Waals surface area (Å²) >= 11 is 0. The first-order valence-corrected chi connectivity index (χ1v) is 9.31. The zero-order valence-electron chi connectivity index (χ0n) is 16.6. The topological polar surface area (TPSA) is 47.0 Å². The molecule has 28 heavy (non-hydrogen) atoms. The summed E-state index contributed by atoms with van der Waals surface area (Å²) in [5.41, 5.74) is 6.57. The summed E-state index contributed by atoms with van der Waals surface area (Å²) in [5, 5.41) is 14.6. The van der Waals surface area contributed by atoms with Crippen molar-refractivity contribution < 1.29 is 4.74 Å². The van der Waals surface area contributed by atoms with Crippen LogP contribution < -0.4 is 10.1 Å². The molecule has 0 radical (unpaired) electrons. The van der Waals surface area contributed by atoms with Crippen molar-refractivity contribution >= 4 is 22.3 Å². The van der Waals surface area contributed by atoms with Crippen LogP contribution in [-0.4, -0.2) is 17.3 Å². The van der Waals surface area contributed by atoms with Gasteiger partial charge in [-0.25, -0.2) is 0 Å². The Bertz CT molecular complexity index is 1150. The maximum Gasteiger partial charge on any atom is 0.161 e. The number of hydrogen-bond donors (Lipinski definition) is 1. The van der Waals surface area contributed by atoms with E-state index in [9.17, 15) is 0 Å². The van der Waals surface area contributed by atoms with Gasteiger partial charge in [-0.2, -0.15) is 0 Å². The Labute approximate surface area is 165 Å². The molecule has 0 saturated carbocycles. The molecule has 4 aromatic rings. The second-order valence-electron chi connectivity index (χ2n) is 7.10. The molecule has 0 aliphatic carbocycles. The predicted molar refractivity (Wildman–Crippen MR) is 115 cm³/mol. The Balaban J connectivity index is 1.87. The van der Waals surface area contributed by atoms with E-state index in [0.29, 0.717) is 0 Å². The van der Waals surface area contributed by atoms with Gasteiger partial charge in [-0.3, -0.25) is 0 Å². The van der Waals surface area contributed by atoms with E-state index in [1.165, 1.54) is 16.7 Å². The molecular weight excluding hydrogens is 346 g/mol. The number of ether oxygens (including phenoxy) is 1. The van der Waals surface area contributed by atoms with Crippen molar-refractivity contribution in [3.8, 4) is 17.0 Å². The molecule has 0 bridgehead atoms. The Hall–Kier alpha value is -3.40. The van der Waals surface area contributed by atoms with E-state index in [4.69, 9.17) is 4.74 Å². The molecule has 0 unspecified atom stereocenters. The zero-order valence-corrected chi connectivity index (χ0v) is 16.6. The van der Waals surface area contributed by atoms with Gasteiger partial charge in [0.25, 0.3) is 0 Å². The monoisotopic (exact) mass is 369 g/mol. The number of benzene rings is 3. The fourth-order valence-electron chi connectivity index (χ4n) is 3.27. The highest BCUT2D eigenvalue weighted by Crippen LogP contribution is 2.33. The minimum absolute atomic E-state index is 0.738. The summed E-state index contributed by atoms with van der Waals surface area (Å²) in [5.74, 6) is 1.53. The SMILES string of the molecule is COc1cccc(Nc2nnc(-c3ccc(C)cc3)c3cc(C)c(C)cc23)c1. The molecule has 4 heteroatoms. The van der Waals surface area contributed by atoms with Crippen LogP contribution in [0.1, 0.15) is 16.7 Å². The average molecular weight is 369 g/mol. The number of hydrogen-bond acceptors (Lipinski definition) is 4.